The zero-order valence-electron chi connectivity index (χ0n) is 17.4. The maximum absolute atomic E-state index is 13.9. The van der Waals surface area contributed by atoms with Crippen LogP contribution in [0.25, 0.3) is 0 Å². The van der Waals surface area contributed by atoms with Crippen molar-refractivity contribution in [3.05, 3.63) is 70.5 Å². The monoisotopic (exact) mass is 498 g/mol. The molecule has 0 amide bonds. The van der Waals surface area contributed by atoms with Crippen molar-refractivity contribution in [2.24, 2.45) is 4.99 Å². The molecule has 0 bridgehead atoms. The first-order valence-corrected chi connectivity index (χ1v) is 9.32. The van der Waals surface area contributed by atoms with E-state index in [0.29, 0.717) is 24.6 Å². The van der Waals surface area contributed by atoms with Crippen LogP contribution < -0.4 is 10.6 Å². The molecule has 0 aliphatic rings. The van der Waals surface area contributed by atoms with E-state index in [0.717, 1.165) is 18.1 Å². The average Bonchev–Trinajstić information content (AvgIpc) is 2.63. The van der Waals surface area contributed by atoms with Crippen molar-refractivity contribution in [3.63, 3.8) is 0 Å². The first-order valence-electron chi connectivity index (χ1n) is 9.32. The molecule has 4 nitrogen and oxygen atoms in total. The molecule has 0 radical (unpaired) electrons. The Kier molecular flexibility index (Phi) is 10.5. The third-order valence-corrected chi connectivity index (χ3v) is 4.47. The van der Waals surface area contributed by atoms with Crippen molar-refractivity contribution in [1.29, 1.82) is 0 Å². The topological polar surface area (TPSA) is 39.7 Å². The lowest BCUT2D eigenvalue weighted by Gasteiger charge is -2.17. The van der Waals surface area contributed by atoms with Crippen LogP contribution in [0, 0.1) is 12.7 Å². The van der Waals surface area contributed by atoms with E-state index in [9.17, 15) is 4.39 Å². The number of benzene rings is 2. The van der Waals surface area contributed by atoms with E-state index in [1.54, 1.807) is 7.05 Å². The standard InChI is InChI=1S/C22H31FN4.HI/c1-16-7-6-8-19(11-16)17(2)13-25-22(24-3)26-14-18-9-10-21(23)20(12-18)15-27(4)5;/h6-12,17H,13-15H2,1-5H3,(H2,24,25,26);1H. The molecule has 0 saturated heterocycles. The summed E-state index contributed by atoms with van der Waals surface area (Å²) >= 11 is 0. The lowest BCUT2D eigenvalue weighted by atomic mass is 9.99. The second-order valence-corrected chi connectivity index (χ2v) is 7.29. The number of rotatable bonds is 7. The predicted molar refractivity (Wildman–Crippen MR) is 127 cm³/mol. The number of aryl methyl sites for hydroxylation is 1. The van der Waals surface area contributed by atoms with Crippen LogP contribution in [0.1, 0.15) is 35.1 Å². The van der Waals surface area contributed by atoms with Gasteiger partial charge in [0.2, 0.25) is 0 Å². The van der Waals surface area contributed by atoms with E-state index >= 15 is 0 Å². The summed E-state index contributed by atoms with van der Waals surface area (Å²) in [5.74, 6) is 0.955. The first kappa shape index (κ1) is 24.4. The van der Waals surface area contributed by atoms with Gasteiger partial charge in [-0.2, -0.15) is 0 Å². The smallest absolute Gasteiger partial charge is 0.191 e. The molecule has 2 N–H and O–H groups in total. The van der Waals surface area contributed by atoms with Gasteiger partial charge in [-0.25, -0.2) is 4.39 Å². The van der Waals surface area contributed by atoms with E-state index in [1.165, 1.54) is 17.2 Å². The van der Waals surface area contributed by atoms with Crippen LogP contribution in [0.15, 0.2) is 47.5 Å². The van der Waals surface area contributed by atoms with E-state index in [2.05, 4.69) is 53.7 Å². The molecule has 2 rings (SSSR count). The maximum Gasteiger partial charge on any atom is 0.191 e. The number of halogens is 2. The van der Waals surface area contributed by atoms with Crippen molar-refractivity contribution >= 4 is 29.9 Å². The van der Waals surface area contributed by atoms with Crippen LogP contribution in [0.3, 0.4) is 0 Å². The Morgan fingerprint density at radius 1 is 1.14 bits per heavy atom. The van der Waals surface area contributed by atoms with Crippen molar-refractivity contribution in [1.82, 2.24) is 15.5 Å². The highest BCUT2D eigenvalue weighted by molar-refractivity contribution is 14.0. The minimum absolute atomic E-state index is 0. The summed E-state index contributed by atoms with van der Waals surface area (Å²) in [6.45, 7) is 6.28. The molecule has 2 aromatic carbocycles. The second kappa shape index (κ2) is 12.0. The Balaban J connectivity index is 0.00000392. The van der Waals surface area contributed by atoms with E-state index in [-0.39, 0.29) is 29.8 Å². The third-order valence-electron chi connectivity index (χ3n) is 4.47. The van der Waals surface area contributed by atoms with Gasteiger partial charge >= 0.3 is 0 Å². The van der Waals surface area contributed by atoms with Crippen molar-refractivity contribution in [2.45, 2.75) is 32.9 Å². The molecule has 0 saturated carbocycles. The lowest BCUT2D eigenvalue weighted by molar-refractivity contribution is 0.392. The van der Waals surface area contributed by atoms with Crippen molar-refractivity contribution in [3.8, 4) is 0 Å². The van der Waals surface area contributed by atoms with E-state index in [1.807, 2.05) is 31.1 Å². The fourth-order valence-electron chi connectivity index (χ4n) is 2.95. The summed E-state index contributed by atoms with van der Waals surface area (Å²) in [4.78, 5) is 6.25. The maximum atomic E-state index is 13.9. The lowest BCUT2D eigenvalue weighted by Crippen LogP contribution is -2.38. The van der Waals surface area contributed by atoms with E-state index in [4.69, 9.17) is 0 Å². The van der Waals surface area contributed by atoms with Gasteiger partial charge in [-0.3, -0.25) is 4.99 Å². The molecule has 0 fully saturated rings. The van der Waals surface area contributed by atoms with Gasteiger partial charge in [-0.05, 0) is 50.2 Å². The fraction of sp³-hybridized carbons (Fsp3) is 0.409. The van der Waals surface area contributed by atoms with Crippen LogP contribution in [0.2, 0.25) is 0 Å². The summed E-state index contributed by atoms with van der Waals surface area (Å²) in [5.41, 5.74) is 4.31. The normalized spacial score (nSPS) is 12.5. The molecule has 0 aromatic heterocycles. The minimum Gasteiger partial charge on any atom is -0.356 e. The first-order chi connectivity index (χ1) is 12.9. The molecular formula is C22H32FIN4. The van der Waals surface area contributed by atoms with Gasteiger partial charge < -0.3 is 15.5 Å². The second-order valence-electron chi connectivity index (χ2n) is 7.29. The van der Waals surface area contributed by atoms with Gasteiger partial charge in [0.1, 0.15) is 5.82 Å². The van der Waals surface area contributed by atoms with Gasteiger partial charge in [0.15, 0.2) is 5.96 Å². The van der Waals surface area contributed by atoms with Crippen LogP contribution in [0.4, 0.5) is 4.39 Å². The highest BCUT2D eigenvalue weighted by atomic mass is 127. The number of aliphatic imine (C=N–C) groups is 1. The zero-order chi connectivity index (χ0) is 19.8. The molecule has 28 heavy (non-hydrogen) atoms. The summed E-state index contributed by atoms with van der Waals surface area (Å²) in [6.07, 6.45) is 0. The number of hydrogen-bond donors (Lipinski definition) is 2. The SMILES string of the molecule is CN=C(NCc1ccc(F)c(CN(C)C)c1)NCC(C)c1cccc(C)c1.I. The van der Waals surface area contributed by atoms with Gasteiger partial charge in [-0.15, -0.1) is 24.0 Å². The molecule has 1 unspecified atom stereocenters. The average molecular weight is 498 g/mol. The molecule has 0 heterocycles. The number of guanidine groups is 1. The predicted octanol–water partition coefficient (Wildman–Crippen LogP) is 4.28. The Hall–Kier alpha value is -1.67. The van der Waals surface area contributed by atoms with Crippen LogP contribution >= 0.6 is 24.0 Å². The van der Waals surface area contributed by atoms with Crippen molar-refractivity contribution < 1.29 is 4.39 Å². The molecule has 154 valence electrons. The van der Waals surface area contributed by atoms with Gasteiger partial charge in [-0.1, -0.05) is 42.8 Å². The Morgan fingerprint density at radius 2 is 1.89 bits per heavy atom. The minimum atomic E-state index is -0.165. The summed E-state index contributed by atoms with van der Waals surface area (Å²) in [5, 5.41) is 6.68. The molecule has 0 spiro atoms. The Morgan fingerprint density at radius 3 is 2.54 bits per heavy atom. The Labute approximate surface area is 185 Å². The third kappa shape index (κ3) is 7.75. The largest absolute Gasteiger partial charge is 0.356 e. The summed E-state index contributed by atoms with van der Waals surface area (Å²) in [7, 11) is 5.63. The van der Waals surface area contributed by atoms with Crippen LogP contribution in [0.5, 0.6) is 0 Å². The van der Waals surface area contributed by atoms with E-state index < -0.39 is 0 Å². The number of hydrogen-bond acceptors (Lipinski definition) is 2. The highest BCUT2D eigenvalue weighted by Gasteiger charge is 2.08. The number of nitrogens with zero attached hydrogens (tertiary/aromatic N) is 2. The molecule has 0 aliphatic carbocycles. The van der Waals surface area contributed by atoms with Crippen LogP contribution in [-0.2, 0) is 13.1 Å². The molecular weight excluding hydrogens is 466 g/mol. The molecule has 6 heteroatoms. The van der Waals surface area contributed by atoms with Gasteiger partial charge in [0, 0.05) is 32.2 Å². The van der Waals surface area contributed by atoms with Gasteiger partial charge in [0.25, 0.3) is 0 Å². The number of nitrogens with one attached hydrogen (secondary N) is 2. The van der Waals surface area contributed by atoms with Crippen LogP contribution in [-0.4, -0.2) is 38.5 Å². The molecule has 1 atom stereocenters. The highest BCUT2D eigenvalue weighted by Crippen LogP contribution is 2.15. The van der Waals surface area contributed by atoms with Gasteiger partial charge in [0.05, 0.1) is 0 Å². The molecule has 0 aliphatic heterocycles. The van der Waals surface area contributed by atoms with Crippen molar-refractivity contribution in [2.75, 3.05) is 27.7 Å². The Bertz CT molecular complexity index is 777. The fourth-order valence-corrected chi connectivity index (χ4v) is 2.95. The molecule has 2 aromatic rings. The summed E-state index contributed by atoms with van der Waals surface area (Å²) < 4.78 is 13.9. The zero-order valence-corrected chi connectivity index (χ0v) is 19.8. The quantitative estimate of drug-likeness (QED) is 0.340. The summed E-state index contributed by atoms with van der Waals surface area (Å²) in [6, 6.07) is 13.8.